The molecule has 1 heterocycles. The van der Waals surface area contributed by atoms with Gasteiger partial charge in [-0.05, 0) is 54.4 Å². The third-order valence-electron chi connectivity index (χ3n) is 5.54. The normalized spacial score (nSPS) is 14.0. The Bertz CT molecular complexity index is 1210. The van der Waals surface area contributed by atoms with E-state index >= 15 is 0 Å². The molecular formula is C22H29N3O6S2. The summed E-state index contributed by atoms with van der Waals surface area (Å²) in [5.74, 6) is -0.274. The molecule has 1 N–H and O–H groups in total. The highest BCUT2D eigenvalue weighted by molar-refractivity contribution is 7.89. The Kier molecular flexibility index (Phi) is 7.91. The van der Waals surface area contributed by atoms with Gasteiger partial charge in [0.1, 0.15) is 0 Å². The molecule has 3 rings (SSSR count). The molecule has 1 aliphatic heterocycles. The molecule has 1 amide bonds. The lowest BCUT2D eigenvalue weighted by atomic mass is 10.1. The maximum atomic E-state index is 13.1. The minimum atomic E-state index is -3.69. The number of amides is 1. The highest BCUT2D eigenvalue weighted by atomic mass is 32.2. The molecular weight excluding hydrogens is 466 g/mol. The van der Waals surface area contributed by atoms with Crippen molar-refractivity contribution in [3.8, 4) is 0 Å². The number of hydrogen-bond acceptors (Lipinski definition) is 6. The average Bonchev–Trinajstić information content (AvgIpc) is 3.23. The van der Waals surface area contributed by atoms with Gasteiger partial charge in [0.15, 0.2) is 0 Å². The van der Waals surface area contributed by atoms with Crippen LogP contribution in [-0.2, 0) is 31.2 Å². The molecule has 0 atom stereocenters. The van der Waals surface area contributed by atoms with Crippen LogP contribution in [0.3, 0.4) is 0 Å². The monoisotopic (exact) mass is 495 g/mol. The van der Waals surface area contributed by atoms with E-state index in [1.54, 1.807) is 30.9 Å². The van der Waals surface area contributed by atoms with Crippen molar-refractivity contribution in [3.63, 3.8) is 0 Å². The van der Waals surface area contributed by atoms with Crippen molar-refractivity contribution in [3.05, 3.63) is 53.6 Å². The molecule has 33 heavy (non-hydrogen) atoms. The smallest absolute Gasteiger partial charge is 0.258 e. The van der Waals surface area contributed by atoms with Crippen molar-refractivity contribution < 1.29 is 26.4 Å². The molecule has 0 radical (unpaired) electrons. The summed E-state index contributed by atoms with van der Waals surface area (Å²) in [7, 11) is -5.79. The minimum absolute atomic E-state index is 0.0585. The van der Waals surface area contributed by atoms with Crippen molar-refractivity contribution in [2.24, 2.45) is 0 Å². The molecule has 1 aliphatic rings. The first-order valence-electron chi connectivity index (χ1n) is 10.7. The fraction of sp³-hybridized carbons (Fsp3) is 0.409. The van der Waals surface area contributed by atoms with E-state index in [1.165, 1.54) is 41.7 Å². The van der Waals surface area contributed by atoms with Crippen molar-refractivity contribution in [1.29, 1.82) is 0 Å². The summed E-state index contributed by atoms with van der Waals surface area (Å²) in [4.78, 5) is 14.9. The predicted octanol–water partition coefficient (Wildman–Crippen LogP) is 1.84. The summed E-state index contributed by atoms with van der Waals surface area (Å²) in [5, 5.41) is 0. The molecule has 180 valence electrons. The second-order valence-corrected chi connectivity index (χ2v) is 11.2. The lowest BCUT2D eigenvalue weighted by molar-refractivity contribution is 0.0989. The van der Waals surface area contributed by atoms with Crippen molar-refractivity contribution in [2.45, 2.75) is 30.1 Å². The Hall–Kier alpha value is -2.31. The van der Waals surface area contributed by atoms with Gasteiger partial charge in [0, 0.05) is 44.5 Å². The third-order valence-corrected chi connectivity index (χ3v) is 9.07. The maximum Gasteiger partial charge on any atom is 0.258 e. The van der Waals surface area contributed by atoms with Crippen LogP contribution in [0.1, 0.15) is 29.8 Å². The first kappa shape index (κ1) is 25.3. The average molecular weight is 496 g/mol. The molecule has 9 nitrogen and oxygen atoms in total. The van der Waals surface area contributed by atoms with Crippen LogP contribution in [0, 0.1) is 0 Å². The number of sulfonamides is 2. The fourth-order valence-corrected chi connectivity index (χ4v) is 6.28. The summed E-state index contributed by atoms with van der Waals surface area (Å²) in [6, 6.07) is 10.6. The number of carbonyl (C=O) groups is 1. The van der Waals surface area contributed by atoms with E-state index in [9.17, 15) is 21.6 Å². The molecule has 0 bridgehead atoms. The van der Waals surface area contributed by atoms with E-state index in [1.807, 2.05) is 0 Å². The zero-order chi connectivity index (χ0) is 24.2. The largest absolute Gasteiger partial charge is 0.383 e. The molecule has 0 saturated carbocycles. The number of anilines is 1. The summed E-state index contributed by atoms with van der Waals surface area (Å²) in [5.41, 5.74) is 1.80. The number of carbonyl (C=O) groups excluding carboxylic acids is 1. The highest BCUT2D eigenvalue weighted by Gasteiger charge is 2.29. The van der Waals surface area contributed by atoms with Crippen LogP contribution in [0.4, 0.5) is 5.69 Å². The van der Waals surface area contributed by atoms with E-state index in [0.29, 0.717) is 37.3 Å². The Labute approximate surface area is 195 Å². The highest BCUT2D eigenvalue weighted by Crippen LogP contribution is 2.32. The Morgan fingerprint density at radius 3 is 2.27 bits per heavy atom. The van der Waals surface area contributed by atoms with Crippen LogP contribution in [0.2, 0.25) is 0 Å². The lowest BCUT2D eigenvalue weighted by Crippen LogP contribution is -2.31. The molecule has 0 saturated heterocycles. The topological polar surface area (TPSA) is 113 Å². The van der Waals surface area contributed by atoms with E-state index in [2.05, 4.69) is 4.72 Å². The van der Waals surface area contributed by atoms with E-state index in [-0.39, 0.29) is 28.8 Å². The van der Waals surface area contributed by atoms with Gasteiger partial charge in [0.25, 0.3) is 5.91 Å². The van der Waals surface area contributed by atoms with Gasteiger partial charge in [-0.25, -0.2) is 21.6 Å². The van der Waals surface area contributed by atoms with Crippen molar-refractivity contribution in [2.75, 3.05) is 44.8 Å². The van der Waals surface area contributed by atoms with Gasteiger partial charge < -0.3 is 9.64 Å². The van der Waals surface area contributed by atoms with Gasteiger partial charge in [-0.3, -0.25) is 4.79 Å². The summed E-state index contributed by atoms with van der Waals surface area (Å²) in [6.07, 6.45) is 0.540. The van der Waals surface area contributed by atoms with Gasteiger partial charge in [-0.1, -0.05) is 13.8 Å². The maximum absolute atomic E-state index is 13.1. The summed E-state index contributed by atoms with van der Waals surface area (Å²) in [6.45, 7) is 5.17. The quantitative estimate of drug-likeness (QED) is 0.504. The summed E-state index contributed by atoms with van der Waals surface area (Å²) >= 11 is 0. The van der Waals surface area contributed by atoms with Gasteiger partial charge in [-0.15, -0.1) is 0 Å². The Morgan fingerprint density at radius 2 is 1.67 bits per heavy atom. The first-order chi connectivity index (χ1) is 15.7. The Morgan fingerprint density at radius 1 is 1.03 bits per heavy atom. The number of ether oxygens (including phenoxy) is 1. The first-order valence-corrected chi connectivity index (χ1v) is 13.6. The van der Waals surface area contributed by atoms with Crippen LogP contribution in [-0.4, -0.2) is 66.9 Å². The van der Waals surface area contributed by atoms with Gasteiger partial charge in [0.2, 0.25) is 20.0 Å². The number of fused-ring (bicyclic) bond motifs is 1. The van der Waals surface area contributed by atoms with E-state index in [4.69, 9.17) is 4.74 Å². The zero-order valence-electron chi connectivity index (χ0n) is 18.9. The zero-order valence-corrected chi connectivity index (χ0v) is 20.6. The molecule has 0 aromatic heterocycles. The van der Waals surface area contributed by atoms with Crippen LogP contribution in [0.15, 0.2) is 52.3 Å². The molecule has 2 aromatic rings. The number of methoxy groups -OCH3 is 1. The molecule has 0 unspecified atom stereocenters. The second kappa shape index (κ2) is 10.3. The van der Waals surface area contributed by atoms with Crippen LogP contribution in [0.5, 0.6) is 0 Å². The van der Waals surface area contributed by atoms with Crippen molar-refractivity contribution in [1.82, 2.24) is 9.03 Å². The standard InChI is InChI=1S/C22H29N3O6S2/c1-4-24(5-2)33(29,30)20-10-11-21-18(16-20)12-14-25(21)22(26)17-6-8-19(9-7-17)32(27,28)23-13-15-31-3/h6-11,16,23H,4-5,12-15H2,1-3H3. The van der Waals surface area contributed by atoms with Crippen LogP contribution in [0.25, 0.3) is 0 Å². The van der Waals surface area contributed by atoms with E-state index < -0.39 is 20.0 Å². The molecule has 0 fully saturated rings. The number of rotatable bonds is 10. The van der Waals surface area contributed by atoms with Gasteiger partial charge >= 0.3 is 0 Å². The lowest BCUT2D eigenvalue weighted by Gasteiger charge is -2.20. The third kappa shape index (κ3) is 5.28. The number of nitrogens with one attached hydrogen (secondary N) is 1. The fourth-order valence-electron chi connectivity index (χ4n) is 3.76. The van der Waals surface area contributed by atoms with Crippen LogP contribution >= 0.6 is 0 Å². The number of nitrogens with zero attached hydrogens (tertiary/aromatic N) is 2. The second-order valence-electron chi connectivity index (χ2n) is 7.50. The number of benzene rings is 2. The Balaban J connectivity index is 1.80. The molecule has 0 aliphatic carbocycles. The van der Waals surface area contributed by atoms with Gasteiger partial charge in [0.05, 0.1) is 16.4 Å². The summed E-state index contributed by atoms with van der Waals surface area (Å²) < 4.78 is 58.9. The SMILES string of the molecule is CCN(CC)S(=O)(=O)c1ccc2c(c1)CCN2C(=O)c1ccc(S(=O)(=O)NCCOC)cc1. The molecule has 11 heteroatoms. The van der Waals surface area contributed by atoms with Crippen molar-refractivity contribution >= 4 is 31.6 Å². The van der Waals surface area contributed by atoms with Crippen LogP contribution < -0.4 is 9.62 Å². The number of hydrogen-bond donors (Lipinski definition) is 1. The van der Waals surface area contributed by atoms with Gasteiger partial charge in [-0.2, -0.15) is 4.31 Å². The predicted molar refractivity (Wildman–Crippen MR) is 125 cm³/mol. The van der Waals surface area contributed by atoms with E-state index in [0.717, 1.165) is 5.56 Å². The minimum Gasteiger partial charge on any atom is -0.383 e. The molecule has 0 spiro atoms. The molecule has 2 aromatic carbocycles.